The number of benzene rings is 1. The van der Waals surface area contributed by atoms with E-state index in [1.165, 1.54) is 12.1 Å². The number of fused-ring (bicyclic) bond motifs is 1. The summed E-state index contributed by atoms with van der Waals surface area (Å²) in [5.41, 5.74) is 3.17. The molecule has 0 N–H and O–H groups in total. The summed E-state index contributed by atoms with van der Waals surface area (Å²) in [5.74, 6) is -0.315. The van der Waals surface area contributed by atoms with Gasteiger partial charge in [-0.05, 0) is 37.6 Å². The van der Waals surface area contributed by atoms with Gasteiger partial charge in [0, 0.05) is 24.2 Å². The van der Waals surface area contributed by atoms with Gasteiger partial charge in [0.25, 0.3) is 0 Å². The number of hydrogen-bond acceptors (Lipinski definition) is 2. The molecule has 2 aromatic rings. The highest BCUT2D eigenvalue weighted by Crippen LogP contribution is 2.30. The molecule has 1 heterocycles. The first-order valence-corrected chi connectivity index (χ1v) is 6.30. The summed E-state index contributed by atoms with van der Waals surface area (Å²) < 4.78 is 13.3. The first-order chi connectivity index (χ1) is 9.08. The van der Waals surface area contributed by atoms with Crippen molar-refractivity contribution in [3.8, 4) is 0 Å². The summed E-state index contributed by atoms with van der Waals surface area (Å²) in [4.78, 5) is 8.57. The molecule has 4 heteroatoms. The largest absolute Gasteiger partial charge is 0.296 e. The molecule has 2 nitrogen and oxygen atoms in total. The van der Waals surface area contributed by atoms with Gasteiger partial charge in [0.05, 0.1) is 16.2 Å². The van der Waals surface area contributed by atoms with Crippen molar-refractivity contribution in [2.24, 2.45) is 4.99 Å². The molecule has 0 aliphatic rings. The van der Waals surface area contributed by atoms with E-state index < -0.39 is 0 Å². The average Bonchev–Trinajstić information content (AvgIpc) is 2.41. The van der Waals surface area contributed by atoms with Crippen LogP contribution in [0, 0.1) is 12.7 Å². The minimum atomic E-state index is -0.315. The lowest BCUT2D eigenvalue weighted by atomic mass is 10.0. The molecule has 0 saturated heterocycles. The molecule has 0 fully saturated rings. The van der Waals surface area contributed by atoms with Crippen LogP contribution in [-0.2, 0) is 0 Å². The van der Waals surface area contributed by atoms with Gasteiger partial charge in [-0.15, -0.1) is 0 Å². The topological polar surface area (TPSA) is 25.2 Å². The highest BCUT2D eigenvalue weighted by Gasteiger charge is 2.12. The van der Waals surface area contributed by atoms with Gasteiger partial charge in [0.2, 0.25) is 0 Å². The number of hydrogen-bond donors (Lipinski definition) is 0. The van der Waals surface area contributed by atoms with E-state index in [9.17, 15) is 4.39 Å². The van der Waals surface area contributed by atoms with Crippen molar-refractivity contribution in [1.29, 1.82) is 0 Å². The van der Waals surface area contributed by atoms with Crippen LogP contribution in [0.1, 0.15) is 18.2 Å². The summed E-state index contributed by atoms with van der Waals surface area (Å²) in [6.07, 6.45) is 3.66. The van der Waals surface area contributed by atoms with E-state index in [1.807, 2.05) is 19.9 Å². The number of rotatable bonds is 2. The Morgan fingerprint density at radius 3 is 2.79 bits per heavy atom. The number of nitrogens with zero attached hydrogens (tertiary/aromatic N) is 2. The number of aliphatic imine (C=N–C) groups is 1. The van der Waals surface area contributed by atoms with E-state index in [4.69, 9.17) is 11.6 Å². The number of pyridine rings is 1. The lowest BCUT2D eigenvalue weighted by Crippen LogP contribution is -1.97. The van der Waals surface area contributed by atoms with Gasteiger partial charge in [-0.2, -0.15) is 0 Å². The number of aromatic nitrogens is 1. The van der Waals surface area contributed by atoms with Crippen molar-refractivity contribution >= 4 is 34.3 Å². The molecule has 2 rings (SSSR count). The molecule has 0 spiro atoms. The number of halogens is 2. The van der Waals surface area contributed by atoms with Crippen molar-refractivity contribution in [2.45, 2.75) is 13.8 Å². The zero-order valence-electron chi connectivity index (χ0n) is 11.0. The molecule has 0 amide bonds. The molecule has 1 aromatic carbocycles. The van der Waals surface area contributed by atoms with Crippen LogP contribution in [0.4, 0.5) is 4.39 Å². The number of allylic oxidation sites excluding steroid dienone is 2. The molecule has 0 bridgehead atoms. The van der Waals surface area contributed by atoms with Crippen LogP contribution in [0.15, 0.2) is 29.3 Å². The SMILES string of the molecule is CC=C(C=NC)c1nc2ccc(F)cc2c(Cl)c1C. The van der Waals surface area contributed by atoms with E-state index in [0.717, 1.165) is 16.8 Å². The quantitative estimate of drug-likeness (QED) is 0.745. The minimum absolute atomic E-state index is 0.315. The second-order valence-electron chi connectivity index (χ2n) is 4.19. The fraction of sp³-hybridized carbons (Fsp3) is 0.200. The molecule has 0 unspecified atom stereocenters. The zero-order valence-corrected chi connectivity index (χ0v) is 11.8. The third kappa shape index (κ3) is 2.51. The van der Waals surface area contributed by atoms with Crippen LogP contribution in [0.2, 0.25) is 5.02 Å². The molecule has 0 saturated carbocycles. The van der Waals surface area contributed by atoms with Crippen LogP contribution < -0.4 is 0 Å². The smallest absolute Gasteiger partial charge is 0.124 e. The third-order valence-electron chi connectivity index (χ3n) is 2.96. The lowest BCUT2D eigenvalue weighted by molar-refractivity contribution is 0.629. The summed E-state index contributed by atoms with van der Waals surface area (Å²) in [6.45, 7) is 3.79. The summed E-state index contributed by atoms with van der Waals surface area (Å²) in [5, 5.41) is 1.16. The van der Waals surface area contributed by atoms with E-state index >= 15 is 0 Å². The minimum Gasteiger partial charge on any atom is -0.296 e. The van der Waals surface area contributed by atoms with Crippen molar-refractivity contribution in [1.82, 2.24) is 4.98 Å². The predicted octanol–water partition coefficient (Wildman–Crippen LogP) is 4.44. The van der Waals surface area contributed by atoms with Gasteiger partial charge in [0.1, 0.15) is 5.82 Å². The maximum absolute atomic E-state index is 13.3. The van der Waals surface area contributed by atoms with E-state index in [-0.39, 0.29) is 5.82 Å². The maximum Gasteiger partial charge on any atom is 0.124 e. The summed E-state index contributed by atoms with van der Waals surface area (Å²) >= 11 is 6.33. The normalized spacial score (nSPS) is 12.6. The summed E-state index contributed by atoms with van der Waals surface area (Å²) in [7, 11) is 1.71. The first-order valence-electron chi connectivity index (χ1n) is 5.92. The Balaban J connectivity index is 2.78. The van der Waals surface area contributed by atoms with E-state index in [1.54, 1.807) is 19.3 Å². The third-order valence-corrected chi connectivity index (χ3v) is 3.45. The lowest BCUT2D eigenvalue weighted by Gasteiger charge is -2.10. The standard InChI is InChI=1S/C15H14ClFN2/c1-4-10(8-18-3)15-9(2)14(16)12-7-11(17)5-6-13(12)19-15/h4-8H,1-3H3. The Morgan fingerprint density at radius 2 is 2.16 bits per heavy atom. The molecule has 0 aliphatic carbocycles. The molecule has 0 aliphatic heterocycles. The molecule has 98 valence electrons. The Hall–Kier alpha value is -1.74. The van der Waals surface area contributed by atoms with Crippen LogP contribution >= 0.6 is 11.6 Å². The molecule has 0 radical (unpaired) electrons. The van der Waals surface area contributed by atoms with Crippen LogP contribution in [0.25, 0.3) is 16.5 Å². The van der Waals surface area contributed by atoms with Gasteiger partial charge in [0.15, 0.2) is 0 Å². The zero-order chi connectivity index (χ0) is 14.0. The van der Waals surface area contributed by atoms with Gasteiger partial charge in [-0.3, -0.25) is 4.99 Å². The van der Waals surface area contributed by atoms with Gasteiger partial charge in [-0.25, -0.2) is 9.37 Å². The highest BCUT2D eigenvalue weighted by atomic mass is 35.5. The Kier molecular flexibility index (Phi) is 3.96. The highest BCUT2D eigenvalue weighted by molar-refractivity contribution is 6.36. The second kappa shape index (κ2) is 5.49. The van der Waals surface area contributed by atoms with Gasteiger partial charge < -0.3 is 0 Å². The monoisotopic (exact) mass is 276 g/mol. The predicted molar refractivity (Wildman–Crippen MR) is 79.5 cm³/mol. The van der Waals surface area contributed by atoms with Crippen molar-refractivity contribution in [3.05, 3.63) is 46.4 Å². The maximum atomic E-state index is 13.3. The average molecular weight is 277 g/mol. The Bertz CT molecular complexity index is 690. The van der Waals surface area contributed by atoms with Crippen LogP contribution in [0.5, 0.6) is 0 Å². The molecule has 19 heavy (non-hydrogen) atoms. The van der Waals surface area contributed by atoms with Crippen LogP contribution in [0.3, 0.4) is 0 Å². The van der Waals surface area contributed by atoms with E-state index in [0.29, 0.717) is 15.9 Å². The Labute approximate surface area is 116 Å². The fourth-order valence-electron chi connectivity index (χ4n) is 1.98. The summed E-state index contributed by atoms with van der Waals surface area (Å²) in [6, 6.07) is 4.43. The molecular formula is C15H14ClFN2. The van der Waals surface area contributed by atoms with Gasteiger partial charge >= 0.3 is 0 Å². The van der Waals surface area contributed by atoms with E-state index in [2.05, 4.69) is 9.98 Å². The molecular weight excluding hydrogens is 263 g/mol. The van der Waals surface area contributed by atoms with Gasteiger partial charge in [-0.1, -0.05) is 17.7 Å². The Morgan fingerprint density at radius 1 is 1.42 bits per heavy atom. The molecule has 0 atom stereocenters. The first kappa shape index (κ1) is 13.7. The van der Waals surface area contributed by atoms with Crippen molar-refractivity contribution in [3.63, 3.8) is 0 Å². The fourth-order valence-corrected chi connectivity index (χ4v) is 2.23. The van der Waals surface area contributed by atoms with Crippen LogP contribution in [-0.4, -0.2) is 18.2 Å². The second-order valence-corrected chi connectivity index (χ2v) is 4.57. The van der Waals surface area contributed by atoms with Crippen molar-refractivity contribution < 1.29 is 4.39 Å². The molecule has 1 aromatic heterocycles. The van der Waals surface area contributed by atoms with Crippen molar-refractivity contribution in [2.75, 3.05) is 7.05 Å².